The van der Waals surface area contributed by atoms with Crippen LogP contribution < -0.4 is 5.32 Å². The zero-order chi connectivity index (χ0) is 12.2. The molecule has 4 heteroatoms. The quantitative estimate of drug-likeness (QED) is 0.762. The minimum absolute atomic E-state index is 0.0187. The van der Waals surface area contributed by atoms with Gasteiger partial charge in [0.2, 0.25) is 0 Å². The number of hydrogen-bond acceptors (Lipinski definition) is 3. The van der Waals surface area contributed by atoms with Crippen LogP contribution in [0.3, 0.4) is 0 Å². The Morgan fingerprint density at radius 1 is 1.31 bits per heavy atom. The Morgan fingerprint density at radius 3 is 2.31 bits per heavy atom. The van der Waals surface area contributed by atoms with E-state index in [1.807, 2.05) is 20.8 Å². The van der Waals surface area contributed by atoms with E-state index in [0.29, 0.717) is 5.92 Å². The first kappa shape index (κ1) is 13.3. The molecule has 94 valence electrons. The fraction of sp³-hybridized carbons (Fsp3) is 0.917. The Hall–Kier alpha value is -0.770. The zero-order valence-corrected chi connectivity index (χ0v) is 10.5. The van der Waals surface area contributed by atoms with Gasteiger partial charge < -0.3 is 15.2 Å². The normalized spacial score (nSPS) is 26.2. The van der Waals surface area contributed by atoms with Crippen LogP contribution in [0.15, 0.2) is 0 Å². The van der Waals surface area contributed by atoms with Gasteiger partial charge in [0.1, 0.15) is 6.10 Å². The Kier molecular flexibility index (Phi) is 4.59. The molecule has 1 fully saturated rings. The molecule has 0 saturated heterocycles. The predicted octanol–water partition coefficient (Wildman–Crippen LogP) is 2.06. The molecule has 1 amide bonds. The smallest absolute Gasteiger partial charge is 0.407 e. The Morgan fingerprint density at radius 2 is 1.88 bits per heavy atom. The van der Waals surface area contributed by atoms with Crippen LogP contribution in [0.1, 0.15) is 46.5 Å². The van der Waals surface area contributed by atoms with Gasteiger partial charge in [-0.3, -0.25) is 0 Å². The maximum atomic E-state index is 11.5. The van der Waals surface area contributed by atoms with Crippen LogP contribution >= 0.6 is 0 Å². The van der Waals surface area contributed by atoms with Gasteiger partial charge >= 0.3 is 6.09 Å². The fourth-order valence-electron chi connectivity index (χ4n) is 1.92. The second-order valence-corrected chi connectivity index (χ2v) is 5.61. The third kappa shape index (κ3) is 4.84. The molecule has 0 aromatic carbocycles. The molecule has 1 rings (SSSR count). The molecule has 0 bridgehead atoms. The molecule has 0 unspecified atom stereocenters. The van der Waals surface area contributed by atoms with E-state index in [0.717, 1.165) is 25.7 Å². The fourth-order valence-corrected chi connectivity index (χ4v) is 1.92. The number of alkyl carbamates (subject to hydrolysis) is 1. The number of rotatable bonds is 2. The van der Waals surface area contributed by atoms with Crippen molar-refractivity contribution in [3.8, 4) is 0 Å². The van der Waals surface area contributed by atoms with E-state index in [4.69, 9.17) is 9.84 Å². The largest absolute Gasteiger partial charge is 0.446 e. The molecule has 1 aliphatic carbocycles. The summed E-state index contributed by atoms with van der Waals surface area (Å²) in [4.78, 5) is 11.5. The third-order valence-electron chi connectivity index (χ3n) is 2.80. The van der Waals surface area contributed by atoms with Gasteiger partial charge in [0, 0.05) is 12.1 Å². The number of carbonyl (C=O) groups is 1. The summed E-state index contributed by atoms with van der Waals surface area (Å²) < 4.78 is 5.33. The van der Waals surface area contributed by atoms with Crippen molar-refractivity contribution in [1.82, 2.24) is 5.32 Å². The molecular weight excluding hydrogens is 206 g/mol. The SMILES string of the molecule is CC(C)(C)NC(=O)OC1CCC(CO)CC1. The Balaban J connectivity index is 2.26. The topological polar surface area (TPSA) is 58.6 Å². The monoisotopic (exact) mass is 229 g/mol. The van der Waals surface area contributed by atoms with Crippen LogP contribution in [0.4, 0.5) is 4.79 Å². The Bertz CT molecular complexity index is 227. The van der Waals surface area contributed by atoms with Crippen LogP contribution in [0.25, 0.3) is 0 Å². The molecule has 0 aromatic rings. The van der Waals surface area contributed by atoms with Gasteiger partial charge in [0.25, 0.3) is 0 Å². The van der Waals surface area contributed by atoms with Crippen LogP contribution in [-0.4, -0.2) is 29.4 Å². The molecule has 0 spiro atoms. The summed E-state index contributed by atoms with van der Waals surface area (Å²) >= 11 is 0. The third-order valence-corrected chi connectivity index (χ3v) is 2.80. The van der Waals surface area contributed by atoms with Gasteiger partial charge in [-0.05, 0) is 52.4 Å². The number of hydrogen-bond donors (Lipinski definition) is 2. The van der Waals surface area contributed by atoms with Crippen molar-refractivity contribution in [2.75, 3.05) is 6.61 Å². The summed E-state index contributed by atoms with van der Waals surface area (Å²) in [6, 6.07) is 0. The van der Waals surface area contributed by atoms with Crippen LogP contribution in [-0.2, 0) is 4.74 Å². The van der Waals surface area contributed by atoms with Gasteiger partial charge in [-0.1, -0.05) is 0 Å². The minimum atomic E-state index is -0.333. The molecule has 2 N–H and O–H groups in total. The number of aliphatic hydroxyl groups is 1. The molecule has 4 nitrogen and oxygen atoms in total. The second-order valence-electron chi connectivity index (χ2n) is 5.61. The highest BCUT2D eigenvalue weighted by atomic mass is 16.6. The number of aliphatic hydroxyl groups excluding tert-OH is 1. The average molecular weight is 229 g/mol. The molecule has 16 heavy (non-hydrogen) atoms. The lowest BCUT2D eigenvalue weighted by molar-refractivity contribution is 0.0510. The standard InChI is InChI=1S/C12H23NO3/c1-12(2,3)13-11(15)16-10-6-4-9(8-14)5-7-10/h9-10,14H,4-8H2,1-3H3,(H,13,15). The maximum Gasteiger partial charge on any atom is 0.407 e. The second kappa shape index (κ2) is 5.53. The first-order valence-corrected chi connectivity index (χ1v) is 6.00. The highest BCUT2D eigenvalue weighted by Crippen LogP contribution is 2.25. The number of carbonyl (C=O) groups excluding carboxylic acids is 1. The van der Waals surface area contributed by atoms with Crippen molar-refractivity contribution in [2.24, 2.45) is 5.92 Å². The van der Waals surface area contributed by atoms with E-state index < -0.39 is 0 Å². The van der Waals surface area contributed by atoms with Gasteiger partial charge in [-0.2, -0.15) is 0 Å². The van der Waals surface area contributed by atoms with Crippen LogP contribution in [0.5, 0.6) is 0 Å². The van der Waals surface area contributed by atoms with Crippen LogP contribution in [0.2, 0.25) is 0 Å². The molecule has 1 saturated carbocycles. The number of ether oxygens (including phenoxy) is 1. The highest BCUT2D eigenvalue weighted by Gasteiger charge is 2.24. The summed E-state index contributed by atoms with van der Waals surface area (Å²) in [6.07, 6.45) is 3.31. The molecule has 0 heterocycles. The van der Waals surface area contributed by atoms with Gasteiger partial charge in [-0.25, -0.2) is 4.79 Å². The van der Waals surface area contributed by atoms with E-state index in [1.165, 1.54) is 0 Å². The lowest BCUT2D eigenvalue weighted by Crippen LogP contribution is -2.42. The van der Waals surface area contributed by atoms with Crippen molar-refractivity contribution in [2.45, 2.75) is 58.1 Å². The van der Waals surface area contributed by atoms with Gasteiger partial charge in [-0.15, -0.1) is 0 Å². The Labute approximate surface area is 97.4 Å². The van der Waals surface area contributed by atoms with Gasteiger partial charge in [0.05, 0.1) is 0 Å². The van der Waals surface area contributed by atoms with Crippen molar-refractivity contribution >= 4 is 6.09 Å². The molecule has 0 aromatic heterocycles. The average Bonchev–Trinajstić information content (AvgIpc) is 2.16. The number of nitrogens with one attached hydrogen (secondary N) is 1. The molecule has 0 aliphatic heterocycles. The van der Waals surface area contributed by atoms with E-state index in [1.54, 1.807) is 0 Å². The van der Waals surface area contributed by atoms with Crippen LogP contribution in [0, 0.1) is 5.92 Å². The summed E-state index contributed by atoms with van der Waals surface area (Å²) in [7, 11) is 0. The first-order valence-electron chi connectivity index (χ1n) is 6.00. The summed E-state index contributed by atoms with van der Waals surface area (Å²) in [5.41, 5.74) is -0.251. The molecule has 0 radical (unpaired) electrons. The van der Waals surface area contributed by atoms with Crippen molar-refractivity contribution in [3.05, 3.63) is 0 Å². The van der Waals surface area contributed by atoms with Crippen molar-refractivity contribution in [1.29, 1.82) is 0 Å². The van der Waals surface area contributed by atoms with Gasteiger partial charge in [0.15, 0.2) is 0 Å². The lowest BCUT2D eigenvalue weighted by Gasteiger charge is -2.28. The predicted molar refractivity (Wildman–Crippen MR) is 62.2 cm³/mol. The first-order chi connectivity index (χ1) is 7.40. The summed E-state index contributed by atoms with van der Waals surface area (Å²) in [5.74, 6) is 0.394. The van der Waals surface area contributed by atoms with Crippen molar-refractivity contribution in [3.63, 3.8) is 0 Å². The number of amides is 1. The molecular formula is C12H23NO3. The van der Waals surface area contributed by atoms with Crippen molar-refractivity contribution < 1.29 is 14.6 Å². The van der Waals surface area contributed by atoms with E-state index in [2.05, 4.69) is 5.32 Å². The highest BCUT2D eigenvalue weighted by molar-refractivity contribution is 5.68. The summed E-state index contributed by atoms with van der Waals surface area (Å²) in [6.45, 7) is 6.03. The van der Waals surface area contributed by atoms with E-state index >= 15 is 0 Å². The molecule has 1 aliphatic rings. The molecule has 0 atom stereocenters. The zero-order valence-electron chi connectivity index (χ0n) is 10.5. The lowest BCUT2D eigenvalue weighted by atomic mass is 9.88. The van der Waals surface area contributed by atoms with E-state index in [9.17, 15) is 4.79 Å². The minimum Gasteiger partial charge on any atom is -0.446 e. The van der Waals surface area contributed by atoms with E-state index in [-0.39, 0.29) is 24.3 Å². The maximum absolute atomic E-state index is 11.5. The summed E-state index contributed by atoms with van der Waals surface area (Å²) in [5, 5.41) is 11.8.